The molecule has 7 heteroatoms. The molecule has 2 saturated heterocycles. The van der Waals surface area contributed by atoms with Gasteiger partial charge in [-0.1, -0.05) is 12.1 Å². The topological polar surface area (TPSA) is 70.2 Å². The molecule has 1 atom stereocenters. The number of halogens is 2. The quantitative estimate of drug-likeness (QED) is 0.723. The zero-order chi connectivity index (χ0) is 14.7. The number of amides is 2. The van der Waals surface area contributed by atoms with Gasteiger partial charge in [0.05, 0.1) is 0 Å². The van der Waals surface area contributed by atoms with E-state index in [-0.39, 0.29) is 42.7 Å². The fraction of sp³-hybridized carbons (Fsp3) is 0.500. The van der Waals surface area contributed by atoms with Gasteiger partial charge in [-0.2, -0.15) is 0 Å². The first-order chi connectivity index (χ1) is 10.2. The second-order valence-electron chi connectivity index (χ2n) is 5.79. The maximum Gasteiger partial charge on any atom is 0.249 e. The fourth-order valence-corrected chi connectivity index (χ4v) is 3.04. The van der Waals surface area contributed by atoms with Crippen molar-refractivity contribution in [3.05, 3.63) is 29.8 Å². The summed E-state index contributed by atoms with van der Waals surface area (Å²) >= 11 is 0. The van der Waals surface area contributed by atoms with Gasteiger partial charge in [-0.15, -0.1) is 24.8 Å². The molecule has 2 amide bonds. The Morgan fingerprint density at radius 3 is 2.22 bits per heavy atom. The van der Waals surface area contributed by atoms with E-state index in [9.17, 15) is 9.59 Å². The Balaban J connectivity index is 0.00000132. The van der Waals surface area contributed by atoms with Gasteiger partial charge in [0.1, 0.15) is 6.04 Å². The van der Waals surface area contributed by atoms with Gasteiger partial charge in [0.25, 0.3) is 0 Å². The SMILES string of the molecule is Cl.Cl.O=C1CCC(Nc2ccc(C3CCNCC3)cc2)C(=O)N1. The minimum absolute atomic E-state index is 0. The normalized spacial score (nSPS) is 21.7. The summed E-state index contributed by atoms with van der Waals surface area (Å²) in [5.74, 6) is 0.226. The third-order valence-electron chi connectivity index (χ3n) is 4.30. The molecule has 23 heavy (non-hydrogen) atoms. The van der Waals surface area contributed by atoms with Gasteiger partial charge in [0, 0.05) is 12.1 Å². The van der Waals surface area contributed by atoms with E-state index in [0.717, 1.165) is 18.8 Å². The fourth-order valence-electron chi connectivity index (χ4n) is 3.04. The summed E-state index contributed by atoms with van der Waals surface area (Å²) in [4.78, 5) is 22.8. The van der Waals surface area contributed by atoms with Crippen LogP contribution in [0.2, 0.25) is 0 Å². The number of carbonyl (C=O) groups excluding carboxylic acids is 2. The van der Waals surface area contributed by atoms with Gasteiger partial charge in [-0.05, 0) is 56.0 Å². The Morgan fingerprint density at radius 2 is 1.61 bits per heavy atom. The molecule has 5 nitrogen and oxygen atoms in total. The summed E-state index contributed by atoms with van der Waals surface area (Å²) < 4.78 is 0. The van der Waals surface area contributed by atoms with Crippen molar-refractivity contribution in [2.75, 3.05) is 18.4 Å². The third-order valence-corrected chi connectivity index (χ3v) is 4.30. The van der Waals surface area contributed by atoms with E-state index in [0.29, 0.717) is 18.8 Å². The summed E-state index contributed by atoms with van der Waals surface area (Å²) in [5, 5.41) is 8.94. The summed E-state index contributed by atoms with van der Waals surface area (Å²) in [6, 6.07) is 8.03. The number of hydrogen-bond donors (Lipinski definition) is 3. The minimum Gasteiger partial charge on any atom is -0.374 e. The Labute approximate surface area is 148 Å². The Hall–Kier alpha value is -1.30. The second kappa shape index (κ2) is 9.11. The molecule has 0 spiro atoms. The lowest BCUT2D eigenvalue weighted by Crippen LogP contribution is -2.47. The number of nitrogens with one attached hydrogen (secondary N) is 3. The average Bonchev–Trinajstić information content (AvgIpc) is 2.52. The van der Waals surface area contributed by atoms with Gasteiger partial charge in [0.15, 0.2) is 0 Å². The second-order valence-corrected chi connectivity index (χ2v) is 5.79. The predicted molar refractivity (Wildman–Crippen MR) is 95.6 cm³/mol. The molecule has 1 aromatic rings. The summed E-state index contributed by atoms with van der Waals surface area (Å²) in [5.41, 5.74) is 2.30. The molecule has 2 fully saturated rings. The maximum absolute atomic E-state index is 11.7. The summed E-state index contributed by atoms with van der Waals surface area (Å²) in [6.07, 6.45) is 3.32. The van der Waals surface area contributed by atoms with Crippen LogP contribution in [0.3, 0.4) is 0 Å². The van der Waals surface area contributed by atoms with Crippen molar-refractivity contribution in [2.24, 2.45) is 0 Å². The highest BCUT2D eigenvalue weighted by molar-refractivity contribution is 6.01. The van der Waals surface area contributed by atoms with Crippen molar-refractivity contribution in [1.82, 2.24) is 10.6 Å². The minimum atomic E-state index is -0.313. The molecule has 0 radical (unpaired) electrons. The van der Waals surface area contributed by atoms with Crippen molar-refractivity contribution < 1.29 is 9.59 Å². The van der Waals surface area contributed by atoms with E-state index in [4.69, 9.17) is 0 Å². The first-order valence-electron chi connectivity index (χ1n) is 7.63. The van der Waals surface area contributed by atoms with Gasteiger partial charge in [0.2, 0.25) is 11.8 Å². The number of piperidine rings is 2. The third kappa shape index (κ3) is 5.09. The zero-order valence-electron chi connectivity index (χ0n) is 12.8. The number of hydrogen-bond acceptors (Lipinski definition) is 4. The van der Waals surface area contributed by atoms with E-state index in [1.807, 2.05) is 12.1 Å². The van der Waals surface area contributed by atoms with Gasteiger partial charge < -0.3 is 10.6 Å². The molecule has 128 valence electrons. The van der Waals surface area contributed by atoms with Crippen LogP contribution in [-0.4, -0.2) is 30.9 Å². The van der Waals surface area contributed by atoms with E-state index in [1.54, 1.807) is 0 Å². The molecule has 0 bridgehead atoms. The highest BCUT2D eigenvalue weighted by atomic mass is 35.5. The lowest BCUT2D eigenvalue weighted by molar-refractivity contribution is -0.133. The van der Waals surface area contributed by atoms with Crippen LogP contribution in [0.4, 0.5) is 5.69 Å². The number of imide groups is 1. The molecule has 1 aromatic carbocycles. The molecular weight excluding hydrogens is 337 g/mol. The zero-order valence-corrected chi connectivity index (χ0v) is 14.5. The Morgan fingerprint density at radius 1 is 0.957 bits per heavy atom. The largest absolute Gasteiger partial charge is 0.374 e. The van der Waals surface area contributed by atoms with Crippen LogP contribution < -0.4 is 16.0 Å². The molecule has 3 N–H and O–H groups in total. The van der Waals surface area contributed by atoms with Crippen LogP contribution in [0.25, 0.3) is 0 Å². The molecule has 2 aliphatic rings. The predicted octanol–water partition coefficient (Wildman–Crippen LogP) is 2.21. The van der Waals surface area contributed by atoms with Crippen molar-refractivity contribution in [3.8, 4) is 0 Å². The summed E-state index contributed by atoms with van der Waals surface area (Å²) in [6.45, 7) is 2.17. The van der Waals surface area contributed by atoms with Crippen LogP contribution in [0.5, 0.6) is 0 Å². The Kier molecular flexibility index (Phi) is 7.82. The van der Waals surface area contributed by atoms with E-state index >= 15 is 0 Å². The molecule has 3 rings (SSSR count). The van der Waals surface area contributed by atoms with Crippen LogP contribution in [0.15, 0.2) is 24.3 Å². The monoisotopic (exact) mass is 359 g/mol. The van der Waals surface area contributed by atoms with Gasteiger partial charge in [-0.25, -0.2) is 0 Å². The average molecular weight is 360 g/mol. The maximum atomic E-state index is 11.7. The van der Waals surface area contributed by atoms with E-state index in [2.05, 4.69) is 28.1 Å². The number of benzene rings is 1. The molecule has 0 aliphatic carbocycles. The molecule has 1 unspecified atom stereocenters. The van der Waals surface area contributed by atoms with Crippen LogP contribution in [-0.2, 0) is 9.59 Å². The number of rotatable bonds is 3. The first-order valence-corrected chi connectivity index (χ1v) is 7.63. The summed E-state index contributed by atoms with van der Waals surface area (Å²) in [7, 11) is 0. The Bertz CT molecular complexity index is 531. The van der Waals surface area contributed by atoms with Crippen molar-refractivity contribution >= 4 is 42.3 Å². The van der Waals surface area contributed by atoms with E-state index < -0.39 is 0 Å². The van der Waals surface area contributed by atoms with Crippen molar-refractivity contribution in [3.63, 3.8) is 0 Å². The van der Waals surface area contributed by atoms with Crippen LogP contribution >= 0.6 is 24.8 Å². The van der Waals surface area contributed by atoms with Crippen LogP contribution in [0.1, 0.15) is 37.2 Å². The molecule has 2 aliphatic heterocycles. The number of anilines is 1. The van der Waals surface area contributed by atoms with Gasteiger partial charge in [-0.3, -0.25) is 14.9 Å². The standard InChI is InChI=1S/C16H21N3O2.2ClH/c20-15-6-5-14(16(21)19-15)18-13-3-1-11(2-4-13)12-7-9-17-10-8-12;;/h1-4,12,14,17-18H,5-10H2,(H,19,20,21);2*1H. The lowest BCUT2D eigenvalue weighted by atomic mass is 9.90. The highest BCUT2D eigenvalue weighted by Gasteiger charge is 2.26. The number of carbonyl (C=O) groups is 2. The first kappa shape index (κ1) is 19.7. The molecule has 2 heterocycles. The highest BCUT2D eigenvalue weighted by Crippen LogP contribution is 2.26. The molecular formula is C16H23Cl2N3O2. The lowest BCUT2D eigenvalue weighted by Gasteiger charge is -2.24. The molecule has 0 saturated carbocycles. The van der Waals surface area contributed by atoms with Crippen molar-refractivity contribution in [2.45, 2.75) is 37.6 Å². The van der Waals surface area contributed by atoms with Crippen molar-refractivity contribution in [1.29, 1.82) is 0 Å². The van der Waals surface area contributed by atoms with Gasteiger partial charge >= 0.3 is 0 Å². The smallest absolute Gasteiger partial charge is 0.249 e. The van der Waals surface area contributed by atoms with Crippen LogP contribution in [0, 0.1) is 0 Å². The van der Waals surface area contributed by atoms with E-state index in [1.165, 1.54) is 18.4 Å². The molecule has 0 aromatic heterocycles.